The van der Waals surface area contributed by atoms with Crippen molar-refractivity contribution in [1.29, 1.82) is 0 Å². The van der Waals surface area contributed by atoms with E-state index in [9.17, 15) is 9.59 Å². The number of thiophene rings is 1. The second-order valence-corrected chi connectivity index (χ2v) is 10.5. The van der Waals surface area contributed by atoms with Gasteiger partial charge in [-0.2, -0.15) is 0 Å². The second-order valence-electron chi connectivity index (χ2n) is 9.41. The van der Waals surface area contributed by atoms with Gasteiger partial charge in [0, 0.05) is 64.1 Å². The number of anilines is 2. The van der Waals surface area contributed by atoms with Crippen LogP contribution in [0.2, 0.25) is 0 Å². The quantitative estimate of drug-likeness (QED) is 0.271. The van der Waals surface area contributed by atoms with Gasteiger partial charge in [0.1, 0.15) is 5.58 Å². The lowest BCUT2D eigenvalue weighted by Gasteiger charge is -2.27. The first-order chi connectivity index (χ1) is 19.1. The van der Waals surface area contributed by atoms with Crippen molar-refractivity contribution in [3.05, 3.63) is 70.9 Å². The number of rotatable bonds is 8. The summed E-state index contributed by atoms with van der Waals surface area (Å²) in [5.74, 6) is 0.433. The van der Waals surface area contributed by atoms with E-state index in [2.05, 4.69) is 27.7 Å². The molecule has 1 amide bonds. The highest BCUT2D eigenvalue weighted by Crippen LogP contribution is 2.45. The Labute approximate surface area is 229 Å². The van der Waals surface area contributed by atoms with E-state index in [1.165, 1.54) is 0 Å². The molecule has 0 aliphatic carbocycles. The molecule has 8 nitrogen and oxygen atoms in total. The van der Waals surface area contributed by atoms with Crippen LogP contribution in [0.15, 0.2) is 69.9 Å². The van der Waals surface area contributed by atoms with Crippen LogP contribution in [0.25, 0.3) is 42.3 Å². The van der Waals surface area contributed by atoms with Crippen LogP contribution >= 0.6 is 11.3 Å². The summed E-state index contributed by atoms with van der Waals surface area (Å²) < 4.78 is 19.1. The molecule has 3 aromatic carbocycles. The molecular formula is C30H29N3O5S. The van der Waals surface area contributed by atoms with E-state index < -0.39 is 0 Å². The third kappa shape index (κ3) is 5.02. The van der Waals surface area contributed by atoms with E-state index in [-0.39, 0.29) is 17.9 Å². The molecule has 0 bridgehead atoms. The first-order valence-corrected chi connectivity index (χ1v) is 13.8. The van der Waals surface area contributed by atoms with Crippen LogP contribution in [0.5, 0.6) is 0 Å². The molecule has 6 rings (SSSR count). The molecule has 9 heteroatoms. The van der Waals surface area contributed by atoms with Gasteiger partial charge in [0.15, 0.2) is 11.3 Å². The largest absolute Gasteiger partial charge is 0.440 e. The first kappa shape index (κ1) is 25.5. The molecule has 0 saturated carbocycles. The molecule has 200 valence electrons. The fraction of sp³-hybridized carbons (Fsp3) is 0.267. The molecule has 1 fully saturated rings. The Morgan fingerprint density at radius 1 is 1.03 bits per heavy atom. The van der Waals surface area contributed by atoms with Gasteiger partial charge in [0.25, 0.3) is 0 Å². The minimum absolute atomic E-state index is 0.0722. The average molecular weight is 544 g/mol. The van der Waals surface area contributed by atoms with Crippen LogP contribution in [-0.2, 0) is 14.3 Å². The predicted molar refractivity (Wildman–Crippen MR) is 157 cm³/mol. The predicted octanol–water partition coefficient (Wildman–Crippen LogP) is 4.84. The standard InChI is InChI=1S/C30H29N3O5S/c1-36-14-11-31-18-26(35)32-23-10-9-20(30-28(23)22-5-2-3-8-25(22)39-30)19-6-4-7-21-24(34)17-27(38-29(19)21)33-12-15-37-16-13-33/h2-10,17,31H,11-16,18H2,1H3,(H,32,35). The number of nitrogens with zero attached hydrogens (tertiary/aromatic N) is 1. The summed E-state index contributed by atoms with van der Waals surface area (Å²) in [6.45, 7) is 3.86. The molecule has 0 unspecified atom stereocenters. The van der Waals surface area contributed by atoms with E-state index in [0.29, 0.717) is 56.3 Å². The Morgan fingerprint density at radius 3 is 2.69 bits per heavy atom. The molecular weight excluding hydrogens is 514 g/mol. The smallest absolute Gasteiger partial charge is 0.238 e. The van der Waals surface area contributed by atoms with E-state index in [1.807, 2.05) is 36.4 Å². The maximum atomic E-state index is 13.2. The number of amides is 1. The van der Waals surface area contributed by atoms with E-state index in [1.54, 1.807) is 30.6 Å². The molecule has 1 saturated heterocycles. The van der Waals surface area contributed by atoms with E-state index >= 15 is 0 Å². The number of carbonyl (C=O) groups is 1. The summed E-state index contributed by atoms with van der Waals surface area (Å²) in [4.78, 5) is 28.0. The lowest BCUT2D eigenvalue weighted by molar-refractivity contribution is -0.115. The van der Waals surface area contributed by atoms with Gasteiger partial charge in [-0.05, 0) is 18.2 Å². The lowest BCUT2D eigenvalue weighted by atomic mass is 9.99. The number of fused-ring (bicyclic) bond motifs is 4. The normalized spacial score (nSPS) is 13.9. The number of benzene rings is 3. The fourth-order valence-corrected chi connectivity index (χ4v) is 6.29. The summed E-state index contributed by atoms with van der Waals surface area (Å²) in [7, 11) is 1.63. The zero-order valence-electron chi connectivity index (χ0n) is 21.6. The van der Waals surface area contributed by atoms with Crippen LogP contribution in [0.4, 0.5) is 11.6 Å². The van der Waals surface area contributed by atoms with Gasteiger partial charge in [0.05, 0.1) is 37.4 Å². The van der Waals surface area contributed by atoms with Crippen LogP contribution in [-0.4, -0.2) is 59.0 Å². The van der Waals surface area contributed by atoms with E-state index in [4.69, 9.17) is 13.9 Å². The van der Waals surface area contributed by atoms with Crippen molar-refractivity contribution in [2.24, 2.45) is 0 Å². The topological polar surface area (TPSA) is 93.0 Å². The molecule has 2 N–H and O–H groups in total. The molecule has 3 heterocycles. The molecule has 1 aliphatic heterocycles. The third-order valence-electron chi connectivity index (χ3n) is 6.92. The summed E-state index contributed by atoms with van der Waals surface area (Å²) >= 11 is 1.66. The van der Waals surface area contributed by atoms with Crippen molar-refractivity contribution >= 4 is 60.0 Å². The number of morpholine rings is 1. The van der Waals surface area contributed by atoms with Crippen molar-refractivity contribution < 1.29 is 18.7 Å². The Hall–Kier alpha value is -3.76. The van der Waals surface area contributed by atoms with Crippen LogP contribution in [0.3, 0.4) is 0 Å². The maximum Gasteiger partial charge on any atom is 0.238 e. The van der Waals surface area contributed by atoms with Gasteiger partial charge in [-0.25, -0.2) is 0 Å². The number of carbonyl (C=O) groups excluding carboxylic acids is 1. The zero-order chi connectivity index (χ0) is 26.8. The fourth-order valence-electron chi connectivity index (χ4n) is 5.03. The minimum Gasteiger partial charge on any atom is -0.440 e. The van der Waals surface area contributed by atoms with Crippen molar-refractivity contribution in [2.45, 2.75) is 0 Å². The molecule has 39 heavy (non-hydrogen) atoms. The Bertz CT molecular complexity index is 1720. The van der Waals surface area contributed by atoms with Crippen LogP contribution in [0.1, 0.15) is 0 Å². The van der Waals surface area contributed by atoms with Crippen molar-refractivity contribution in [1.82, 2.24) is 5.32 Å². The maximum absolute atomic E-state index is 13.2. The monoisotopic (exact) mass is 543 g/mol. The molecule has 0 radical (unpaired) electrons. The highest BCUT2D eigenvalue weighted by molar-refractivity contribution is 7.26. The van der Waals surface area contributed by atoms with Gasteiger partial charge in [0.2, 0.25) is 5.91 Å². The average Bonchev–Trinajstić information content (AvgIpc) is 3.36. The Balaban J connectivity index is 1.48. The van der Waals surface area contributed by atoms with Gasteiger partial charge in [-0.3, -0.25) is 9.59 Å². The van der Waals surface area contributed by atoms with E-state index in [0.717, 1.165) is 37.0 Å². The van der Waals surface area contributed by atoms with Gasteiger partial charge in [-0.1, -0.05) is 36.4 Å². The SMILES string of the molecule is COCCNCC(=O)Nc1ccc(-c2cccc3c(=O)cc(N4CCOCC4)oc23)c2sc3ccccc3c12. The lowest BCUT2D eigenvalue weighted by Crippen LogP contribution is -2.36. The molecule has 0 atom stereocenters. The highest BCUT2D eigenvalue weighted by Gasteiger charge is 2.20. The number of hydrogen-bond acceptors (Lipinski definition) is 8. The number of para-hydroxylation sites is 1. The first-order valence-electron chi connectivity index (χ1n) is 13.0. The number of methoxy groups -OCH3 is 1. The summed E-state index contributed by atoms with van der Waals surface area (Å²) in [6.07, 6.45) is 0. The molecule has 1 aliphatic rings. The van der Waals surface area contributed by atoms with Crippen molar-refractivity contribution in [2.75, 3.05) is 63.3 Å². The Morgan fingerprint density at radius 2 is 1.85 bits per heavy atom. The second kappa shape index (κ2) is 11.2. The summed E-state index contributed by atoms with van der Waals surface area (Å²) in [5, 5.41) is 8.76. The highest BCUT2D eigenvalue weighted by atomic mass is 32.1. The zero-order valence-corrected chi connectivity index (χ0v) is 22.4. The van der Waals surface area contributed by atoms with Gasteiger partial charge in [-0.15, -0.1) is 11.3 Å². The third-order valence-corrected chi connectivity index (χ3v) is 8.13. The van der Waals surface area contributed by atoms with Crippen LogP contribution in [0, 0.1) is 0 Å². The van der Waals surface area contributed by atoms with Crippen molar-refractivity contribution in [3.63, 3.8) is 0 Å². The Kier molecular flexibility index (Phi) is 7.30. The number of ether oxygens (including phenoxy) is 2. The van der Waals surface area contributed by atoms with Gasteiger partial charge < -0.3 is 29.4 Å². The van der Waals surface area contributed by atoms with Crippen LogP contribution < -0.4 is 21.0 Å². The van der Waals surface area contributed by atoms with Gasteiger partial charge >= 0.3 is 0 Å². The minimum atomic E-state index is -0.123. The molecule has 2 aromatic heterocycles. The molecule has 0 spiro atoms. The van der Waals surface area contributed by atoms with Crippen molar-refractivity contribution in [3.8, 4) is 11.1 Å². The molecule has 5 aromatic rings. The number of hydrogen-bond donors (Lipinski definition) is 2. The summed E-state index contributed by atoms with van der Waals surface area (Å²) in [5.41, 5.74) is 3.03. The summed E-state index contributed by atoms with van der Waals surface area (Å²) in [6, 6.07) is 19.4. The number of nitrogens with one attached hydrogen (secondary N) is 2.